The van der Waals surface area contributed by atoms with Crippen LogP contribution >= 0.6 is 0 Å². The van der Waals surface area contributed by atoms with Crippen molar-refractivity contribution < 1.29 is 19.4 Å². The summed E-state index contributed by atoms with van der Waals surface area (Å²) in [4.78, 5) is 23.6. The molecule has 1 atom stereocenters. The van der Waals surface area contributed by atoms with Crippen LogP contribution in [0.2, 0.25) is 0 Å². The Morgan fingerprint density at radius 2 is 2.09 bits per heavy atom. The average Bonchev–Trinajstić information content (AvgIpc) is 2.54. The van der Waals surface area contributed by atoms with Crippen LogP contribution in [0.25, 0.3) is 0 Å². The van der Waals surface area contributed by atoms with Crippen molar-refractivity contribution in [1.29, 1.82) is 0 Å². The Morgan fingerprint density at radius 3 is 2.87 bits per heavy atom. The number of amides is 2. The van der Waals surface area contributed by atoms with Crippen molar-refractivity contribution in [2.75, 3.05) is 11.9 Å². The summed E-state index contributed by atoms with van der Waals surface area (Å²) in [6, 6.07) is 11.4. The molecule has 1 heterocycles. The predicted molar refractivity (Wildman–Crippen MR) is 84.6 cm³/mol. The van der Waals surface area contributed by atoms with Gasteiger partial charge in [-0.05, 0) is 36.8 Å². The molecule has 0 fully saturated rings. The monoisotopic (exact) mass is 312 g/mol. The summed E-state index contributed by atoms with van der Waals surface area (Å²) in [6.45, 7) is 1.83. The van der Waals surface area contributed by atoms with Crippen LogP contribution in [0.15, 0.2) is 42.5 Å². The molecule has 2 amide bonds. The molecule has 0 spiro atoms. The number of aromatic hydroxyl groups is 1. The second-order valence-electron chi connectivity index (χ2n) is 5.30. The lowest BCUT2D eigenvalue weighted by Crippen LogP contribution is -2.28. The van der Waals surface area contributed by atoms with Crippen LogP contribution in [0.5, 0.6) is 11.5 Å². The Bertz CT molecular complexity index is 773. The minimum Gasteiger partial charge on any atom is -0.507 e. The quantitative estimate of drug-likeness (QED) is 0.811. The van der Waals surface area contributed by atoms with Gasteiger partial charge in [-0.15, -0.1) is 0 Å². The number of carbonyl (C=O) groups is 2. The number of carbonyl (C=O) groups excluding carboxylic acids is 2. The SMILES string of the molecule is C[C@@H](NC(=O)c1ccccc1O)c1ccc2c(c1)NC(=O)CO2. The summed E-state index contributed by atoms with van der Waals surface area (Å²) in [6.07, 6.45) is 0. The van der Waals surface area contributed by atoms with E-state index in [4.69, 9.17) is 4.74 Å². The molecule has 0 aliphatic carbocycles. The minimum atomic E-state index is -0.367. The smallest absolute Gasteiger partial charge is 0.262 e. The van der Waals surface area contributed by atoms with E-state index in [0.717, 1.165) is 5.56 Å². The molecule has 2 aromatic carbocycles. The van der Waals surface area contributed by atoms with Gasteiger partial charge in [0.2, 0.25) is 0 Å². The summed E-state index contributed by atoms with van der Waals surface area (Å²) in [5.41, 5.74) is 1.62. The van der Waals surface area contributed by atoms with Crippen LogP contribution < -0.4 is 15.4 Å². The number of rotatable bonds is 3. The number of phenols is 1. The number of hydrogen-bond acceptors (Lipinski definition) is 4. The van der Waals surface area contributed by atoms with E-state index < -0.39 is 0 Å². The molecule has 3 N–H and O–H groups in total. The Morgan fingerprint density at radius 1 is 1.30 bits per heavy atom. The van der Waals surface area contributed by atoms with Gasteiger partial charge in [0.25, 0.3) is 11.8 Å². The molecule has 3 rings (SSSR count). The van der Waals surface area contributed by atoms with E-state index in [2.05, 4.69) is 10.6 Å². The van der Waals surface area contributed by atoms with Crippen molar-refractivity contribution in [1.82, 2.24) is 5.32 Å². The fourth-order valence-electron chi connectivity index (χ4n) is 2.39. The first kappa shape index (κ1) is 14.9. The fourth-order valence-corrected chi connectivity index (χ4v) is 2.39. The normalized spacial score (nSPS) is 14.2. The van der Waals surface area contributed by atoms with Crippen LogP contribution in [0, 0.1) is 0 Å². The van der Waals surface area contributed by atoms with Gasteiger partial charge in [0.05, 0.1) is 17.3 Å². The zero-order valence-electron chi connectivity index (χ0n) is 12.5. The van der Waals surface area contributed by atoms with Crippen molar-refractivity contribution in [3.8, 4) is 11.5 Å². The van der Waals surface area contributed by atoms with Gasteiger partial charge in [-0.3, -0.25) is 9.59 Å². The Kier molecular flexibility index (Phi) is 3.89. The highest BCUT2D eigenvalue weighted by Gasteiger charge is 2.19. The van der Waals surface area contributed by atoms with Gasteiger partial charge in [0, 0.05) is 0 Å². The molecule has 1 aliphatic heterocycles. The second kappa shape index (κ2) is 6.00. The number of anilines is 1. The zero-order valence-corrected chi connectivity index (χ0v) is 12.5. The molecule has 0 aromatic heterocycles. The molecule has 6 heteroatoms. The van der Waals surface area contributed by atoms with Crippen LogP contribution in [0.4, 0.5) is 5.69 Å². The third-order valence-corrected chi connectivity index (χ3v) is 3.63. The highest BCUT2D eigenvalue weighted by atomic mass is 16.5. The first-order chi connectivity index (χ1) is 11.0. The average molecular weight is 312 g/mol. The Labute approximate surface area is 133 Å². The molecule has 0 saturated heterocycles. The molecule has 1 aliphatic rings. The number of benzene rings is 2. The van der Waals surface area contributed by atoms with E-state index in [-0.39, 0.29) is 35.8 Å². The maximum atomic E-state index is 12.2. The van der Waals surface area contributed by atoms with Crippen molar-refractivity contribution in [2.24, 2.45) is 0 Å². The summed E-state index contributed by atoms with van der Waals surface area (Å²) < 4.78 is 5.30. The Balaban J connectivity index is 1.77. The van der Waals surface area contributed by atoms with Gasteiger partial charge in [0.1, 0.15) is 11.5 Å². The molecular formula is C17H16N2O4. The molecule has 0 saturated carbocycles. The third-order valence-electron chi connectivity index (χ3n) is 3.63. The molecule has 0 bridgehead atoms. The van der Waals surface area contributed by atoms with E-state index in [1.54, 1.807) is 30.3 Å². The van der Waals surface area contributed by atoms with Crippen LogP contribution in [0.3, 0.4) is 0 Å². The van der Waals surface area contributed by atoms with E-state index in [1.807, 2.05) is 13.0 Å². The minimum absolute atomic E-state index is 0.00587. The molecule has 0 radical (unpaired) electrons. The van der Waals surface area contributed by atoms with Gasteiger partial charge in [-0.1, -0.05) is 18.2 Å². The number of nitrogens with one attached hydrogen (secondary N) is 2. The number of ether oxygens (including phenoxy) is 1. The van der Waals surface area contributed by atoms with Crippen LogP contribution in [-0.2, 0) is 4.79 Å². The first-order valence-corrected chi connectivity index (χ1v) is 7.20. The summed E-state index contributed by atoms with van der Waals surface area (Å²) >= 11 is 0. The molecule has 118 valence electrons. The van der Waals surface area contributed by atoms with Gasteiger partial charge in [-0.2, -0.15) is 0 Å². The van der Waals surface area contributed by atoms with E-state index in [0.29, 0.717) is 11.4 Å². The molecule has 6 nitrogen and oxygen atoms in total. The molecular weight excluding hydrogens is 296 g/mol. The van der Waals surface area contributed by atoms with Crippen LogP contribution in [-0.4, -0.2) is 23.5 Å². The molecule has 0 unspecified atom stereocenters. The van der Waals surface area contributed by atoms with Crippen LogP contribution in [0.1, 0.15) is 28.9 Å². The first-order valence-electron chi connectivity index (χ1n) is 7.20. The standard InChI is InChI=1S/C17H16N2O4/c1-10(18-17(22)12-4-2-3-5-14(12)20)11-6-7-15-13(8-11)19-16(21)9-23-15/h2-8,10,20H,9H2,1H3,(H,18,22)(H,19,21)/t10-/m1/s1. The summed E-state index contributed by atoms with van der Waals surface area (Å²) in [7, 11) is 0. The lowest BCUT2D eigenvalue weighted by molar-refractivity contribution is -0.118. The highest BCUT2D eigenvalue weighted by Crippen LogP contribution is 2.30. The second-order valence-corrected chi connectivity index (χ2v) is 5.30. The van der Waals surface area contributed by atoms with Gasteiger partial charge in [0.15, 0.2) is 6.61 Å². The van der Waals surface area contributed by atoms with E-state index in [9.17, 15) is 14.7 Å². The molecule has 2 aromatic rings. The zero-order chi connectivity index (χ0) is 16.4. The van der Waals surface area contributed by atoms with Gasteiger partial charge in [-0.25, -0.2) is 0 Å². The van der Waals surface area contributed by atoms with Crippen molar-refractivity contribution >= 4 is 17.5 Å². The lowest BCUT2D eigenvalue weighted by atomic mass is 10.1. The number of fused-ring (bicyclic) bond motifs is 1. The highest BCUT2D eigenvalue weighted by molar-refractivity contribution is 5.97. The van der Waals surface area contributed by atoms with E-state index in [1.165, 1.54) is 6.07 Å². The summed E-state index contributed by atoms with van der Waals surface area (Å²) in [5.74, 6) is -0.0370. The van der Waals surface area contributed by atoms with Crippen molar-refractivity contribution in [3.05, 3.63) is 53.6 Å². The summed E-state index contributed by atoms with van der Waals surface area (Å²) in [5, 5.41) is 15.3. The molecule has 23 heavy (non-hydrogen) atoms. The van der Waals surface area contributed by atoms with E-state index >= 15 is 0 Å². The fraction of sp³-hybridized carbons (Fsp3) is 0.176. The third kappa shape index (κ3) is 3.11. The van der Waals surface area contributed by atoms with Gasteiger partial charge >= 0.3 is 0 Å². The van der Waals surface area contributed by atoms with Crippen molar-refractivity contribution in [2.45, 2.75) is 13.0 Å². The lowest BCUT2D eigenvalue weighted by Gasteiger charge is -2.21. The predicted octanol–water partition coefficient (Wildman–Crippen LogP) is 2.21. The number of para-hydroxylation sites is 1. The van der Waals surface area contributed by atoms with Crippen molar-refractivity contribution in [3.63, 3.8) is 0 Å². The largest absolute Gasteiger partial charge is 0.507 e. The number of phenolic OH excluding ortho intramolecular Hbond substituents is 1. The van der Waals surface area contributed by atoms with Gasteiger partial charge < -0.3 is 20.5 Å². The maximum absolute atomic E-state index is 12.2. The topological polar surface area (TPSA) is 87.7 Å². The maximum Gasteiger partial charge on any atom is 0.262 e. The number of hydrogen-bond donors (Lipinski definition) is 3. The Hall–Kier alpha value is -3.02.